The molecule has 0 aromatic heterocycles. The number of carbonyl (C=O) groups excluding carboxylic acids is 1. The van der Waals surface area contributed by atoms with Gasteiger partial charge in [0.05, 0.1) is 17.6 Å². The van der Waals surface area contributed by atoms with Crippen LogP contribution in [-0.4, -0.2) is 27.5 Å². The fourth-order valence-corrected chi connectivity index (χ4v) is 3.61. The molecule has 0 saturated heterocycles. The van der Waals surface area contributed by atoms with Crippen molar-refractivity contribution in [3.63, 3.8) is 0 Å². The van der Waals surface area contributed by atoms with Gasteiger partial charge in [0.25, 0.3) is 15.9 Å². The van der Waals surface area contributed by atoms with Crippen LogP contribution in [0.15, 0.2) is 51.8 Å². The van der Waals surface area contributed by atoms with Gasteiger partial charge in [0.1, 0.15) is 5.75 Å². The van der Waals surface area contributed by atoms with Crippen molar-refractivity contribution in [1.29, 1.82) is 0 Å². The smallest absolute Gasteiger partial charge is 0.261 e. The summed E-state index contributed by atoms with van der Waals surface area (Å²) in [5.74, 6) is -0.0917. The molecule has 0 atom stereocenters. The number of carbonyl (C=O) groups is 1. The van der Waals surface area contributed by atoms with Gasteiger partial charge >= 0.3 is 0 Å². The fourth-order valence-electron chi connectivity index (χ4n) is 2.14. The molecule has 0 unspecified atom stereocenters. The minimum absolute atomic E-state index is 0.0258. The van der Waals surface area contributed by atoms with E-state index in [0.29, 0.717) is 11.4 Å². The molecule has 0 heterocycles. The van der Waals surface area contributed by atoms with Crippen LogP contribution in [0.25, 0.3) is 0 Å². The number of rotatable bonds is 6. The Morgan fingerprint density at radius 3 is 2.48 bits per heavy atom. The molecule has 6 nitrogen and oxygen atoms in total. The third kappa shape index (κ3) is 4.96. The molecule has 2 N–H and O–H groups in total. The zero-order valence-corrected chi connectivity index (χ0v) is 16.4. The predicted octanol–water partition coefficient (Wildman–Crippen LogP) is 3.40. The SMILES string of the molecule is COc1ccc(S(=O)(=O)Nc2cccc(Br)c2)cc1C(=O)NC(C)C. The number of ether oxygens (including phenoxy) is 1. The van der Waals surface area contributed by atoms with E-state index < -0.39 is 15.9 Å². The molecule has 0 aliphatic rings. The molecule has 0 bridgehead atoms. The van der Waals surface area contributed by atoms with E-state index in [4.69, 9.17) is 4.74 Å². The first kappa shape index (κ1) is 19.3. The first-order valence-corrected chi connectivity index (χ1v) is 9.78. The molecule has 0 radical (unpaired) electrons. The summed E-state index contributed by atoms with van der Waals surface area (Å²) in [6, 6.07) is 10.9. The van der Waals surface area contributed by atoms with Gasteiger partial charge in [0.15, 0.2) is 0 Å². The molecule has 2 aromatic carbocycles. The summed E-state index contributed by atoms with van der Waals surface area (Å²) in [5, 5.41) is 2.73. The Morgan fingerprint density at radius 2 is 1.88 bits per heavy atom. The van der Waals surface area contributed by atoms with E-state index in [0.717, 1.165) is 4.47 Å². The number of methoxy groups -OCH3 is 1. The van der Waals surface area contributed by atoms with Gasteiger partial charge in [0, 0.05) is 16.2 Å². The van der Waals surface area contributed by atoms with Gasteiger partial charge in [-0.1, -0.05) is 22.0 Å². The molecule has 8 heteroatoms. The molecule has 25 heavy (non-hydrogen) atoms. The highest BCUT2D eigenvalue weighted by Gasteiger charge is 2.20. The van der Waals surface area contributed by atoms with Gasteiger partial charge in [-0.15, -0.1) is 0 Å². The monoisotopic (exact) mass is 426 g/mol. The number of anilines is 1. The van der Waals surface area contributed by atoms with E-state index in [9.17, 15) is 13.2 Å². The molecule has 0 saturated carbocycles. The number of hydrogen-bond acceptors (Lipinski definition) is 4. The third-order valence-corrected chi connectivity index (χ3v) is 5.09. The molecule has 134 valence electrons. The van der Waals surface area contributed by atoms with Crippen LogP contribution in [0.5, 0.6) is 5.75 Å². The minimum atomic E-state index is -3.85. The molecule has 0 fully saturated rings. The van der Waals surface area contributed by atoms with Gasteiger partial charge in [-0.25, -0.2) is 8.42 Å². The highest BCUT2D eigenvalue weighted by atomic mass is 79.9. The van der Waals surface area contributed by atoms with Gasteiger partial charge in [-0.3, -0.25) is 9.52 Å². The first-order valence-electron chi connectivity index (χ1n) is 7.50. The standard InChI is InChI=1S/C17H19BrN2O4S/c1-11(2)19-17(21)15-10-14(7-8-16(15)24-3)25(22,23)20-13-6-4-5-12(18)9-13/h4-11,20H,1-3H3,(H,19,21). The summed E-state index contributed by atoms with van der Waals surface area (Å²) < 4.78 is 33.6. The van der Waals surface area contributed by atoms with Crippen molar-refractivity contribution in [2.45, 2.75) is 24.8 Å². The molecule has 0 spiro atoms. The van der Waals surface area contributed by atoms with Crippen LogP contribution >= 0.6 is 15.9 Å². The normalized spacial score (nSPS) is 11.2. The molecular weight excluding hydrogens is 408 g/mol. The highest BCUT2D eigenvalue weighted by Crippen LogP contribution is 2.25. The van der Waals surface area contributed by atoms with E-state index >= 15 is 0 Å². The predicted molar refractivity (Wildman–Crippen MR) is 101 cm³/mol. The van der Waals surface area contributed by atoms with E-state index in [1.807, 2.05) is 13.8 Å². The Kier molecular flexibility index (Phi) is 6.07. The lowest BCUT2D eigenvalue weighted by molar-refractivity contribution is 0.0940. The quantitative estimate of drug-likeness (QED) is 0.740. The van der Waals surface area contributed by atoms with E-state index in [2.05, 4.69) is 26.0 Å². The number of amides is 1. The van der Waals surface area contributed by atoms with Crippen LogP contribution in [0.4, 0.5) is 5.69 Å². The van der Waals surface area contributed by atoms with E-state index in [1.54, 1.807) is 24.3 Å². The van der Waals surface area contributed by atoms with Crippen LogP contribution in [-0.2, 0) is 10.0 Å². The van der Waals surface area contributed by atoms with Gasteiger partial charge in [0.2, 0.25) is 0 Å². The lowest BCUT2D eigenvalue weighted by Gasteiger charge is -2.14. The molecule has 0 aliphatic carbocycles. The Bertz CT molecular complexity index is 882. The van der Waals surface area contributed by atoms with Crippen LogP contribution in [0.2, 0.25) is 0 Å². The second kappa shape index (κ2) is 7.88. The maximum Gasteiger partial charge on any atom is 0.261 e. The Balaban J connectivity index is 2.39. The Hall–Kier alpha value is -2.06. The largest absolute Gasteiger partial charge is 0.496 e. The van der Waals surface area contributed by atoms with E-state index in [1.165, 1.54) is 25.3 Å². The van der Waals surface area contributed by atoms with E-state index in [-0.39, 0.29) is 16.5 Å². The minimum Gasteiger partial charge on any atom is -0.496 e. The van der Waals surface area contributed by atoms with Crippen molar-refractivity contribution >= 4 is 37.5 Å². The van der Waals surface area contributed by atoms with Crippen molar-refractivity contribution in [2.75, 3.05) is 11.8 Å². The van der Waals surface area contributed by atoms with Gasteiger partial charge in [-0.05, 0) is 50.2 Å². The average molecular weight is 427 g/mol. The summed E-state index contributed by atoms with van der Waals surface area (Å²) in [7, 11) is -2.42. The first-order chi connectivity index (χ1) is 11.7. The summed E-state index contributed by atoms with van der Waals surface area (Å²) in [6.45, 7) is 3.64. The number of halogens is 1. The molecule has 0 aliphatic heterocycles. The Morgan fingerprint density at radius 1 is 1.16 bits per heavy atom. The lowest BCUT2D eigenvalue weighted by atomic mass is 10.2. The zero-order chi connectivity index (χ0) is 18.6. The lowest BCUT2D eigenvalue weighted by Crippen LogP contribution is -2.30. The van der Waals surface area contributed by atoms with Gasteiger partial charge in [-0.2, -0.15) is 0 Å². The summed E-state index contributed by atoms with van der Waals surface area (Å²) in [5.41, 5.74) is 0.576. The average Bonchev–Trinajstić information content (AvgIpc) is 2.53. The second-order valence-corrected chi connectivity index (χ2v) is 8.20. The van der Waals surface area contributed by atoms with Crippen molar-refractivity contribution in [3.8, 4) is 5.75 Å². The number of hydrogen-bond donors (Lipinski definition) is 2. The number of sulfonamides is 1. The number of nitrogens with one attached hydrogen (secondary N) is 2. The van der Waals surface area contributed by atoms with Crippen LogP contribution < -0.4 is 14.8 Å². The second-order valence-electron chi connectivity index (χ2n) is 5.61. The van der Waals surface area contributed by atoms with Crippen LogP contribution in [0.1, 0.15) is 24.2 Å². The summed E-state index contributed by atoms with van der Waals surface area (Å²) in [6.07, 6.45) is 0. The van der Waals surface area contributed by atoms with Crippen molar-refractivity contribution in [3.05, 3.63) is 52.5 Å². The number of benzene rings is 2. The molecular formula is C17H19BrN2O4S. The zero-order valence-electron chi connectivity index (χ0n) is 14.0. The highest BCUT2D eigenvalue weighted by molar-refractivity contribution is 9.10. The third-order valence-electron chi connectivity index (χ3n) is 3.22. The van der Waals surface area contributed by atoms with Crippen LogP contribution in [0.3, 0.4) is 0 Å². The summed E-state index contributed by atoms with van der Waals surface area (Å²) in [4.78, 5) is 12.3. The molecule has 2 rings (SSSR count). The van der Waals surface area contributed by atoms with Gasteiger partial charge < -0.3 is 10.1 Å². The maximum absolute atomic E-state index is 12.6. The topological polar surface area (TPSA) is 84.5 Å². The fraction of sp³-hybridized carbons (Fsp3) is 0.235. The maximum atomic E-state index is 12.6. The van der Waals surface area contributed by atoms with Crippen LogP contribution in [0, 0.1) is 0 Å². The summed E-state index contributed by atoms with van der Waals surface area (Å²) >= 11 is 3.29. The molecule has 1 amide bonds. The van der Waals surface area contributed by atoms with Crippen molar-refractivity contribution < 1.29 is 17.9 Å². The molecule has 2 aromatic rings. The van der Waals surface area contributed by atoms with Crippen molar-refractivity contribution in [2.24, 2.45) is 0 Å². The Labute approximate surface area is 155 Å². The van der Waals surface area contributed by atoms with Crippen molar-refractivity contribution in [1.82, 2.24) is 5.32 Å².